The van der Waals surface area contributed by atoms with Crippen LogP contribution in [0.1, 0.15) is 21.5 Å². The quantitative estimate of drug-likeness (QED) is 0.898. The number of nitriles is 1. The van der Waals surface area contributed by atoms with Gasteiger partial charge in [-0.25, -0.2) is 9.18 Å². The summed E-state index contributed by atoms with van der Waals surface area (Å²) in [7, 11) is 0. The standard InChI is InChI=1S/C15H9BrFNO3/c1-8-2-3-9(15(19)20)6-12(8)21-11-5-4-10(7-18)13(16)14(11)17/h2-6H,1H3,(H,19,20). The van der Waals surface area contributed by atoms with E-state index in [-0.39, 0.29) is 27.1 Å². The molecule has 0 heterocycles. The van der Waals surface area contributed by atoms with Crippen molar-refractivity contribution in [1.29, 1.82) is 5.26 Å². The van der Waals surface area contributed by atoms with Crippen LogP contribution < -0.4 is 4.74 Å². The van der Waals surface area contributed by atoms with Gasteiger partial charge >= 0.3 is 5.97 Å². The van der Waals surface area contributed by atoms with E-state index in [0.717, 1.165) is 0 Å². The smallest absolute Gasteiger partial charge is 0.335 e. The second-order valence-corrected chi connectivity index (χ2v) is 5.03. The molecule has 0 fully saturated rings. The lowest BCUT2D eigenvalue weighted by atomic mass is 10.1. The van der Waals surface area contributed by atoms with E-state index < -0.39 is 11.8 Å². The molecule has 0 unspecified atom stereocenters. The molecule has 0 saturated carbocycles. The molecule has 0 amide bonds. The van der Waals surface area contributed by atoms with Crippen molar-refractivity contribution < 1.29 is 19.0 Å². The molecule has 0 aliphatic heterocycles. The minimum Gasteiger partial charge on any atom is -0.478 e. The molecule has 0 spiro atoms. The summed E-state index contributed by atoms with van der Waals surface area (Å²) in [6, 6.07) is 8.92. The van der Waals surface area contributed by atoms with Crippen LogP contribution in [-0.2, 0) is 0 Å². The summed E-state index contributed by atoms with van der Waals surface area (Å²) in [6.45, 7) is 1.72. The monoisotopic (exact) mass is 349 g/mol. The first-order chi connectivity index (χ1) is 9.93. The minimum absolute atomic E-state index is 0.00884. The van der Waals surface area contributed by atoms with Gasteiger partial charge in [0.15, 0.2) is 11.6 Å². The second-order valence-electron chi connectivity index (χ2n) is 4.24. The predicted molar refractivity (Wildman–Crippen MR) is 77.0 cm³/mol. The fourth-order valence-corrected chi connectivity index (χ4v) is 2.07. The number of halogens is 2. The van der Waals surface area contributed by atoms with Gasteiger partial charge in [-0.3, -0.25) is 0 Å². The number of aromatic carboxylic acids is 1. The van der Waals surface area contributed by atoms with E-state index in [0.29, 0.717) is 5.56 Å². The maximum absolute atomic E-state index is 14.1. The van der Waals surface area contributed by atoms with Gasteiger partial charge in [0, 0.05) is 0 Å². The van der Waals surface area contributed by atoms with Gasteiger partial charge in [0.1, 0.15) is 11.8 Å². The summed E-state index contributed by atoms with van der Waals surface area (Å²) in [6.07, 6.45) is 0. The third-order valence-corrected chi connectivity index (χ3v) is 3.60. The summed E-state index contributed by atoms with van der Waals surface area (Å²) in [5.41, 5.74) is 0.861. The van der Waals surface area contributed by atoms with Crippen LogP contribution in [0.25, 0.3) is 0 Å². The van der Waals surface area contributed by atoms with E-state index in [1.165, 1.54) is 24.3 Å². The normalized spacial score (nSPS) is 10.0. The summed E-state index contributed by atoms with van der Waals surface area (Å²) in [5, 5.41) is 17.8. The van der Waals surface area contributed by atoms with Crippen LogP contribution in [0, 0.1) is 24.1 Å². The van der Waals surface area contributed by atoms with Gasteiger partial charge in [-0.15, -0.1) is 0 Å². The van der Waals surface area contributed by atoms with E-state index in [1.807, 2.05) is 6.07 Å². The number of carboxylic acids is 1. The summed E-state index contributed by atoms with van der Waals surface area (Å²) in [4.78, 5) is 10.9. The number of nitrogens with zero attached hydrogens (tertiary/aromatic N) is 1. The fraction of sp³-hybridized carbons (Fsp3) is 0.0667. The van der Waals surface area contributed by atoms with Crippen molar-refractivity contribution in [1.82, 2.24) is 0 Å². The van der Waals surface area contributed by atoms with Crippen molar-refractivity contribution >= 4 is 21.9 Å². The van der Waals surface area contributed by atoms with Crippen LogP contribution in [0.4, 0.5) is 4.39 Å². The lowest BCUT2D eigenvalue weighted by molar-refractivity contribution is 0.0696. The zero-order valence-electron chi connectivity index (χ0n) is 10.9. The van der Waals surface area contributed by atoms with Gasteiger partial charge in [0.05, 0.1) is 15.6 Å². The van der Waals surface area contributed by atoms with Crippen LogP contribution in [0.3, 0.4) is 0 Å². The fourth-order valence-electron chi connectivity index (χ4n) is 1.66. The van der Waals surface area contributed by atoms with Gasteiger partial charge in [-0.2, -0.15) is 5.26 Å². The first-order valence-corrected chi connectivity index (χ1v) is 6.63. The molecule has 0 radical (unpaired) electrons. The Labute approximate surface area is 128 Å². The number of carboxylic acid groups (broad SMARTS) is 1. The molecule has 0 aliphatic carbocycles. The minimum atomic E-state index is -1.10. The summed E-state index contributed by atoms with van der Waals surface area (Å²) >= 11 is 2.99. The Morgan fingerprint density at radius 2 is 2.05 bits per heavy atom. The van der Waals surface area contributed by atoms with E-state index in [2.05, 4.69) is 15.9 Å². The van der Waals surface area contributed by atoms with Gasteiger partial charge in [0.2, 0.25) is 0 Å². The zero-order valence-corrected chi connectivity index (χ0v) is 12.4. The maximum atomic E-state index is 14.1. The van der Waals surface area contributed by atoms with E-state index in [1.54, 1.807) is 13.0 Å². The van der Waals surface area contributed by atoms with Crippen LogP contribution in [0.15, 0.2) is 34.8 Å². The van der Waals surface area contributed by atoms with Gasteiger partial charge in [-0.05, 0) is 52.7 Å². The molecule has 2 aromatic rings. The third kappa shape index (κ3) is 3.03. The Kier molecular flexibility index (Phi) is 4.24. The first kappa shape index (κ1) is 15.0. The molecule has 0 atom stereocenters. The highest BCUT2D eigenvalue weighted by Crippen LogP contribution is 2.33. The number of benzene rings is 2. The molecule has 4 nitrogen and oxygen atoms in total. The topological polar surface area (TPSA) is 70.3 Å². The highest BCUT2D eigenvalue weighted by atomic mass is 79.9. The Morgan fingerprint density at radius 1 is 1.33 bits per heavy atom. The Bertz CT molecular complexity index is 768. The predicted octanol–water partition coefficient (Wildman–Crippen LogP) is 4.26. The molecule has 21 heavy (non-hydrogen) atoms. The molecule has 106 valence electrons. The summed E-state index contributed by atoms with van der Waals surface area (Å²) < 4.78 is 19.5. The number of ether oxygens (including phenoxy) is 1. The van der Waals surface area contributed by atoms with Crippen molar-refractivity contribution in [3.05, 3.63) is 57.3 Å². The summed E-state index contributed by atoms with van der Waals surface area (Å²) in [5.74, 6) is -1.66. The van der Waals surface area contributed by atoms with Crippen molar-refractivity contribution in [2.75, 3.05) is 0 Å². The number of hydrogen-bond donors (Lipinski definition) is 1. The van der Waals surface area contributed by atoms with E-state index in [9.17, 15) is 9.18 Å². The lowest BCUT2D eigenvalue weighted by Crippen LogP contribution is -1.99. The number of hydrogen-bond acceptors (Lipinski definition) is 3. The lowest BCUT2D eigenvalue weighted by Gasteiger charge is -2.11. The molecular weight excluding hydrogens is 341 g/mol. The third-order valence-electron chi connectivity index (χ3n) is 2.82. The molecule has 0 aromatic heterocycles. The Balaban J connectivity index is 2.44. The molecule has 0 saturated heterocycles. The zero-order chi connectivity index (χ0) is 15.6. The van der Waals surface area contributed by atoms with Gasteiger partial charge < -0.3 is 9.84 Å². The average molecular weight is 350 g/mol. The van der Waals surface area contributed by atoms with Crippen molar-refractivity contribution in [2.45, 2.75) is 6.92 Å². The van der Waals surface area contributed by atoms with Crippen molar-refractivity contribution in [2.24, 2.45) is 0 Å². The molecule has 0 bridgehead atoms. The van der Waals surface area contributed by atoms with Crippen LogP contribution in [0.5, 0.6) is 11.5 Å². The van der Waals surface area contributed by atoms with Crippen molar-refractivity contribution in [3.8, 4) is 17.6 Å². The largest absolute Gasteiger partial charge is 0.478 e. The van der Waals surface area contributed by atoms with Crippen LogP contribution in [-0.4, -0.2) is 11.1 Å². The van der Waals surface area contributed by atoms with E-state index >= 15 is 0 Å². The highest BCUT2D eigenvalue weighted by molar-refractivity contribution is 9.10. The number of rotatable bonds is 3. The highest BCUT2D eigenvalue weighted by Gasteiger charge is 2.15. The SMILES string of the molecule is Cc1ccc(C(=O)O)cc1Oc1ccc(C#N)c(Br)c1F. The molecule has 2 rings (SSSR count). The second kappa shape index (κ2) is 5.94. The van der Waals surface area contributed by atoms with Crippen LogP contribution in [0.2, 0.25) is 0 Å². The Morgan fingerprint density at radius 3 is 2.67 bits per heavy atom. The van der Waals surface area contributed by atoms with Crippen LogP contribution >= 0.6 is 15.9 Å². The number of aryl methyl sites for hydroxylation is 1. The van der Waals surface area contributed by atoms with Crippen molar-refractivity contribution in [3.63, 3.8) is 0 Å². The molecular formula is C15H9BrFNO3. The molecule has 6 heteroatoms. The van der Waals surface area contributed by atoms with Gasteiger partial charge in [0.25, 0.3) is 0 Å². The van der Waals surface area contributed by atoms with E-state index in [4.69, 9.17) is 15.1 Å². The molecule has 2 aromatic carbocycles. The molecule has 0 aliphatic rings. The Hall–Kier alpha value is -2.39. The first-order valence-electron chi connectivity index (χ1n) is 5.84. The maximum Gasteiger partial charge on any atom is 0.335 e. The molecule has 1 N–H and O–H groups in total. The van der Waals surface area contributed by atoms with Gasteiger partial charge in [-0.1, -0.05) is 6.07 Å². The average Bonchev–Trinajstić information content (AvgIpc) is 2.46. The number of carbonyl (C=O) groups is 1.